The molecule has 0 amide bonds. The third kappa shape index (κ3) is 12.0. The van der Waals surface area contributed by atoms with Crippen molar-refractivity contribution in [1.82, 2.24) is 9.55 Å². The molecule has 0 aliphatic carbocycles. The number of aromatic nitrogens is 2. The van der Waals surface area contributed by atoms with Crippen molar-refractivity contribution in [3.05, 3.63) is 461 Å². The Kier molecular flexibility index (Phi) is 17.6. The lowest BCUT2D eigenvalue weighted by Gasteiger charge is -2.18. The molecule has 0 radical (unpaired) electrons. The predicted octanol–water partition coefficient (Wildman–Crippen LogP) is 34.7. The van der Waals surface area contributed by atoms with Crippen molar-refractivity contribution in [2.75, 3.05) is 0 Å². The van der Waals surface area contributed by atoms with Gasteiger partial charge in [0, 0.05) is 77.9 Å². The molecular weight excluding hydrogens is 1550 g/mol. The second kappa shape index (κ2) is 30.5. The first kappa shape index (κ1) is 73.7. The summed E-state index contributed by atoms with van der Waals surface area (Å²) in [5.74, 6) is 0. The van der Waals surface area contributed by atoms with Gasteiger partial charge in [0.2, 0.25) is 0 Å². The molecule has 5 heteroatoms. The molecule has 5 aromatic heterocycles. The van der Waals surface area contributed by atoms with E-state index in [4.69, 9.17) is 13.3 Å². The molecule has 22 aromatic carbocycles. The molecule has 0 spiro atoms. The van der Waals surface area contributed by atoms with Crippen LogP contribution in [0.3, 0.4) is 0 Å². The fourth-order valence-corrected chi connectivity index (χ4v) is 20.8. The van der Waals surface area contributed by atoms with Gasteiger partial charge in [-0.2, -0.15) is 0 Å². The molecule has 0 atom stereocenters. The van der Waals surface area contributed by atoms with Gasteiger partial charge in [0.25, 0.3) is 0 Å². The van der Waals surface area contributed by atoms with Gasteiger partial charge in [0.15, 0.2) is 0 Å². The van der Waals surface area contributed by atoms with Gasteiger partial charge in [0.1, 0.15) is 33.5 Å². The third-order valence-electron chi connectivity index (χ3n) is 26.2. The van der Waals surface area contributed by atoms with Crippen LogP contribution in [0.4, 0.5) is 0 Å². The fraction of sp³-hybridized carbons (Fsp3) is 0. The molecular formula is C123H76N2O3. The van der Waals surface area contributed by atoms with Crippen LogP contribution in [0.5, 0.6) is 0 Å². The second-order valence-electron chi connectivity index (χ2n) is 33.2. The molecule has 5 nitrogen and oxygen atoms in total. The van der Waals surface area contributed by atoms with Crippen molar-refractivity contribution in [1.29, 1.82) is 0 Å². The summed E-state index contributed by atoms with van der Waals surface area (Å²) in [7, 11) is 0. The Balaban J connectivity index is 0.000000106. The maximum absolute atomic E-state index is 6.89. The molecule has 0 unspecified atom stereocenters. The van der Waals surface area contributed by atoms with Crippen LogP contribution in [-0.4, -0.2) is 9.55 Å². The van der Waals surface area contributed by atoms with Gasteiger partial charge in [-0.05, 0) is 227 Å². The molecule has 0 aliphatic heterocycles. The second-order valence-corrected chi connectivity index (χ2v) is 33.2. The van der Waals surface area contributed by atoms with Crippen LogP contribution in [0.1, 0.15) is 0 Å². The first-order chi connectivity index (χ1) is 63.6. The summed E-state index contributed by atoms with van der Waals surface area (Å²) in [6.45, 7) is 0. The largest absolute Gasteiger partial charge is 0.456 e. The molecule has 5 heterocycles. The summed E-state index contributed by atoms with van der Waals surface area (Å²) in [6.07, 6.45) is 3.71. The van der Waals surface area contributed by atoms with Crippen LogP contribution >= 0.6 is 0 Å². The Bertz CT molecular complexity index is 8960. The van der Waals surface area contributed by atoms with Gasteiger partial charge >= 0.3 is 0 Å². The number of pyridine rings is 1. The molecule has 596 valence electrons. The normalized spacial score (nSPS) is 11.8. The van der Waals surface area contributed by atoms with Crippen molar-refractivity contribution in [3.8, 4) is 94.7 Å². The maximum atomic E-state index is 6.89. The zero-order chi connectivity index (χ0) is 84.3. The lowest BCUT2D eigenvalue weighted by atomic mass is 9.84. The van der Waals surface area contributed by atoms with E-state index in [0.717, 1.165) is 88.4 Å². The highest BCUT2D eigenvalue weighted by atomic mass is 16.3. The number of fused-ring (bicyclic) bond motifs is 19. The van der Waals surface area contributed by atoms with E-state index in [9.17, 15) is 0 Å². The Morgan fingerprint density at radius 2 is 0.523 bits per heavy atom. The summed E-state index contributed by atoms with van der Waals surface area (Å²) >= 11 is 0. The molecule has 128 heavy (non-hydrogen) atoms. The highest BCUT2D eigenvalue weighted by Gasteiger charge is 2.28. The highest BCUT2D eigenvalue weighted by Crippen LogP contribution is 2.54. The molecule has 0 bridgehead atoms. The van der Waals surface area contributed by atoms with Crippen molar-refractivity contribution >= 4 is 163 Å². The summed E-state index contributed by atoms with van der Waals surface area (Å²) in [5.41, 5.74) is 28.1. The topological polar surface area (TPSA) is 57.2 Å². The van der Waals surface area contributed by atoms with E-state index in [2.05, 4.69) is 440 Å². The lowest BCUT2D eigenvalue weighted by molar-refractivity contribution is 0.669. The van der Waals surface area contributed by atoms with E-state index in [1.807, 2.05) is 24.4 Å². The van der Waals surface area contributed by atoms with Crippen LogP contribution in [0, 0.1) is 0 Å². The van der Waals surface area contributed by atoms with Crippen molar-refractivity contribution in [3.63, 3.8) is 0 Å². The Hall–Kier alpha value is -17.0. The zero-order valence-corrected chi connectivity index (χ0v) is 69.5. The molecule has 27 aromatic rings. The molecule has 0 aliphatic rings. The number of nitrogens with zero attached hydrogens (tertiary/aromatic N) is 2. The summed E-state index contributed by atoms with van der Waals surface area (Å²) < 4.78 is 22.1. The van der Waals surface area contributed by atoms with E-state index in [0.29, 0.717) is 0 Å². The summed E-state index contributed by atoms with van der Waals surface area (Å²) in [5, 5.41) is 26.7. The SMILES string of the molecule is c1ccc(-c2c3ccccc3c(-c3ccc(-c4ccc5c(c4)c4ccccc4n5-c4ccccc4)c4oc5ccccc5c34)c3ccccc23)cc1.c1ccc(-c2c3ccccc3c(-c3ccc(-c4cccnc4)c4oc5ccccc5c34)c3ccccc23)cc1.c1ccc2cc(-c3c4ccccc4c(-c4cccc5oc6ccccc6c45)c4ccccc34)ccc2c1. The Morgan fingerprint density at radius 1 is 0.180 bits per heavy atom. The monoisotopic (exact) mass is 1630 g/mol. The minimum Gasteiger partial charge on any atom is -0.456 e. The number of furan rings is 3. The number of hydrogen-bond acceptors (Lipinski definition) is 4. The highest BCUT2D eigenvalue weighted by molar-refractivity contribution is 6.31. The zero-order valence-electron chi connectivity index (χ0n) is 69.5. The third-order valence-corrected chi connectivity index (χ3v) is 26.2. The van der Waals surface area contributed by atoms with Crippen LogP contribution < -0.4 is 0 Å². The van der Waals surface area contributed by atoms with E-state index < -0.39 is 0 Å². The van der Waals surface area contributed by atoms with E-state index in [1.165, 1.54) is 169 Å². The number of benzene rings is 22. The predicted molar refractivity (Wildman–Crippen MR) is 539 cm³/mol. The molecule has 0 N–H and O–H groups in total. The first-order valence-electron chi connectivity index (χ1n) is 43.8. The van der Waals surface area contributed by atoms with Gasteiger partial charge < -0.3 is 17.8 Å². The average molecular weight is 1630 g/mol. The Labute approximate surface area is 736 Å². The standard InChI is InChI=1S/C50H31NO.C37H23NO.C36H22O/c1-3-15-32(16-4-1)47-37-20-7-9-22-39(37)48(40-23-10-8-21-38(40)47)42-29-28-35(50-49(42)41-24-12-14-26-46(41)52-50)33-27-30-45-43(31-33)36-19-11-13-25-44(36)51(45)34-17-5-2-6-18-34;1-2-11-24(12-3-1)34-27-14-4-6-16-29(27)35(30-17-7-5-15-28(30)34)32-21-20-26(25-13-10-22-38-23-25)37-36(32)31-18-8-9-19-33(31)39-37;1-2-11-24-22-25(21-20-23(24)10-1)34-26-12-3-5-14-28(26)35(29-15-6-4-13-27(29)34)31-17-9-19-33-36(31)30-16-7-8-18-32(30)37-33/h1-31H;1-23H;1-22H. The molecule has 0 saturated carbocycles. The van der Waals surface area contributed by atoms with Crippen LogP contribution in [0.2, 0.25) is 0 Å². The number of hydrogen-bond donors (Lipinski definition) is 0. The maximum Gasteiger partial charge on any atom is 0.143 e. The molecule has 0 saturated heterocycles. The fourth-order valence-electron chi connectivity index (χ4n) is 20.8. The van der Waals surface area contributed by atoms with Crippen molar-refractivity contribution in [2.24, 2.45) is 0 Å². The summed E-state index contributed by atoms with van der Waals surface area (Å²) in [6, 6.07) is 161. The Morgan fingerprint density at radius 3 is 1.00 bits per heavy atom. The van der Waals surface area contributed by atoms with Gasteiger partial charge in [0.05, 0.1) is 11.0 Å². The first-order valence-corrected chi connectivity index (χ1v) is 43.8. The van der Waals surface area contributed by atoms with E-state index in [-0.39, 0.29) is 0 Å². The smallest absolute Gasteiger partial charge is 0.143 e. The minimum absolute atomic E-state index is 0.889. The van der Waals surface area contributed by atoms with Crippen LogP contribution in [0.25, 0.3) is 258 Å². The molecule has 27 rings (SSSR count). The quantitative estimate of drug-likeness (QED) is 0.135. The molecule has 0 fully saturated rings. The number of rotatable bonds is 9. The van der Waals surface area contributed by atoms with E-state index >= 15 is 0 Å². The van der Waals surface area contributed by atoms with Crippen molar-refractivity contribution < 1.29 is 13.3 Å². The van der Waals surface area contributed by atoms with Gasteiger partial charge in [-0.25, -0.2) is 0 Å². The van der Waals surface area contributed by atoms with E-state index in [1.54, 1.807) is 6.20 Å². The lowest BCUT2D eigenvalue weighted by Crippen LogP contribution is -1.93. The summed E-state index contributed by atoms with van der Waals surface area (Å²) in [4.78, 5) is 4.38. The van der Waals surface area contributed by atoms with Crippen molar-refractivity contribution in [2.45, 2.75) is 0 Å². The van der Waals surface area contributed by atoms with Crippen LogP contribution in [-0.2, 0) is 0 Å². The van der Waals surface area contributed by atoms with Gasteiger partial charge in [-0.1, -0.05) is 370 Å². The van der Waals surface area contributed by atoms with Gasteiger partial charge in [-0.15, -0.1) is 0 Å². The number of para-hydroxylation sites is 5. The van der Waals surface area contributed by atoms with Gasteiger partial charge in [-0.3, -0.25) is 4.98 Å². The minimum atomic E-state index is 0.889. The average Bonchev–Trinajstić information content (AvgIpc) is 1.37. The van der Waals surface area contributed by atoms with Crippen LogP contribution in [0.15, 0.2) is 475 Å².